The maximum absolute atomic E-state index is 3.50. The minimum atomic E-state index is 0.577. The van der Waals surface area contributed by atoms with Gasteiger partial charge in [0, 0.05) is 17.0 Å². The Hall–Kier alpha value is -0.760. The van der Waals surface area contributed by atoms with Gasteiger partial charge in [-0.2, -0.15) is 0 Å². The molecule has 1 N–H and O–H groups in total. The lowest BCUT2D eigenvalue weighted by Gasteiger charge is -2.07. The molecule has 1 aromatic carbocycles. The van der Waals surface area contributed by atoms with Crippen LogP contribution in [0.4, 0.5) is 0 Å². The molecule has 0 aliphatic heterocycles. The molecule has 0 amide bonds. The summed E-state index contributed by atoms with van der Waals surface area (Å²) >= 11 is 3.50. The van der Waals surface area contributed by atoms with Crippen LogP contribution in [0.3, 0.4) is 0 Å². The summed E-state index contributed by atoms with van der Waals surface area (Å²) in [5, 5.41) is 2.30. The number of hydrogen-bond donors (Lipinski definition) is 1. The quantitative estimate of drug-likeness (QED) is 0.768. The van der Waals surface area contributed by atoms with E-state index >= 15 is 0 Å². The fourth-order valence-corrected chi connectivity index (χ4v) is 1.83. The van der Waals surface area contributed by atoms with Crippen LogP contribution in [0.25, 0.3) is 10.9 Å². The Labute approximate surface area is 86.3 Å². The first-order valence-electron chi connectivity index (χ1n) is 4.44. The third-order valence-electron chi connectivity index (χ3n) is 2.38. The maximum Gasteiger partial charge on any atom is 0.0456 e. The standard InChI is InChI=1S/C11H12BrN/c1-8(7-12)10-3-2-9-4-5-13-11(9)6-10/h2-6,8,13H,7H2,1H3. The van der Waals surface area contributed by atoms with E-state index in [2.05, 4.69) is 52.1 Å². The Morgan fingerprint density at radius 2 is 2.23 bits per heavy atom. The first-order valence-corrected chi connectivity index (χ1v) is 5.56. The fourth-order valence-electron chi connectivity index (χ4n) is 1.46. The summed E-state index contributed by atoms with van der Waals surface area (Å²) in [6, 6.07) is 8.68. The summed E-state index contributed by atoms with van der Waals surface area (Å²) < 4.78 is 0. The van der Waals surface area contributed by atoms with Gasteiger partial charge in [-0.05, 0) is 29.0 Å². The first-order chi connectivity index (χ1) is 6.31. The normalized spacial score (nSPS) is 13.4. The third-order valence-corrected chi connectivity index (χ3v) is 3.35. The lowest BCUT2D eigenvalue weighted by atomic mass is 10.0. The predicted molar refractivity (Wildman–Crippen MR) is 60.5 cm³/mol. The smallest absolute Gasteiger partial charge is 0.0456 e. The molecule has 13 heavy (non-hydrogen) atoms. The van der Waals surface area contributed by atoms with E-state index < -0.39 is 0 Å². The van der Waals surface area contributed by atoms with E-state index in [1.165, 1.54) is 16.5 Å². The molecule has 0 bridgehead atoms. The molecular formula is C11H12BrN. The number of hydrogen-bond acceptors (Lipinski definition) is 0. The second-order valence-corrected chi connectivity index (χ2v) is 4.03. The zero-order valence-corrected chi connectivity index (χ0v) is 9.14. The average Bonchev–Trinajstić information content (AvgIpc) is 2.63. The lowest BCUT2D eigenvalue weighted by Crippen LogP contribution is -1.93. The molecule has 1 heterocycles. The topological polar surface area (TPSA) is 15.8 Å². The molecule has 0 aliphatic carbocycles. The van der Waals surface area contributed by atoms with Gasteiger partial charge in [-0.3, -0.25) is 0 Å². The number of aromatic amines is 1. The van der Waals surface area contributed by atoms with Crippen molar-refractivity contribution in [2.75, 3.05) is 5.33 Å². The van der Waals surface area contributed by atoms with Gasteiger partial charge < -0.3 is 4.98 Å². The average molecular weight is 238 g/mol. The van der Waals surface area contributed by atoms with E-state index in [0.717, 1.165) is 5.33 Å². The molecule has 1 atom stereocenters. The maximum atomic E-state index is 3.50. The summed E-state index contributed by atoms with van der Waals surface area (Å²) in [6.45, 7) is 2.22. The third kappa shape index (κ3) is 1.63. The Bertz CT molecular complexity index is 405. The molecule has 0 saturated carbocycles. The van der Waals surface area contributed by atoms with Crippen LogP contribution in [-0.4, -0.2) is 10.3 Å². The largest absolute Gasteiger partial charge is 0.361 e. The molecule has 2 aromatic rings. The number of alkyl halides is 1. The molecule has 0 spiro atoms. The number of H-pyrrole nitrogens is 1. The number of fused-ring (bicyclic) bond motifs is 1. The van der Waals surface area contributed by atoms with Crippen molar-refractivity contribution in [2.45, 2.75) is 12.8 Å². The highest BCUT2D eigenvalue weighted by Crippen LogP contribution is 2.21. The van der Waals surface area contributed by atoms with Crippen LogP contribution in [0, 0.1) is 0 Å². The van der Waals surface area contributed by atoms with Crippen molar-refractivity contribution in [1.82, 2.24) is 4.98 Å². The SMILES string of the molecule is CC(CBr)c1ccc2cc[nH]c2c1. The van der Waals surface area contributed by atoms with Gasteiger partial charge in [-0.1, -0.05) is 35.0 Å². The fraction of sp³-hybridized carbons (Fsp3) is 0.273. The molecular weight excluding hydrogens is 226 g/mol. The second kappa shape index (κ2) is 3.54. The summed E-state index contributed by atoms with van der Waals surface area (Å²) in [6.07, 6.45) is 1.98. The first kappa shape index (κ1) is 8.82. The molecule has 1 nitrogen and oxygen atoms in total. The van der Waals surface area contributed by atoms with E-state index in [0.29, 0.717) is 5.92 Å². The van der Waals surface area contributed by atoms with Crippen molar-refractivity contribution >= 4 is 26.8 Å². The van der Waals surface area contributed by atoms with E-state index in [-0.39, 0.29) is 0 Å². The minimum absolute atomic E-state index is 0.577. The van der Waals surface area contributed by atoms with Crippen LogP contribution in [0.15, 0.2) is 30.5 Å². The number of rotatable bonds is 2. The van der Waals surface area contributed by atoms with Gasteiger partial charge >= 0.3 is 0 Å². The molecule has 2 heteroatoms. The van der Waals surface area contributed by atoms with Crippen LogP contribution in [0.1, 0.15) is 18.4 Å². The van der Waals surface area contributed by atoms with E-state index in [1.54, 1.807) is 0 Å². The van der Waals surface area contributed by atoms with Crippen LogP contribution >= 0.6 is 15.9 Å². The molecule has 0 fully saturated rings. The van der Waals surface area contributed by atoms with Crippen LogP contribution < -0.4 is 0 Å². The Balaban J connectivity index is 2.48. The Morgan fingerprint density at radius 3 is 3.00 bits per heavy atom. The molecule has 1 aromatic heterocycles. The number of aromatic nitrogens is 1. The lowest BCUT2D eigenvalue weighted by molar-refractivity contribution is 0.890. The summed E-state index contributed by atoms with van der Waals surface area (Å²) in [7, 11) is 0. The van der Waals surface area contributed by atoms with E-state index in [9.17, 15) is 0 Å². The highest BCUT2D eigenvalue weighted by molar-refractivity contribution is 9.09. The van der Waals surface area contributed by atoms with Gasteiger partial charge in [0.2, 0.25) is 0 Å². The highest BCUT2D eigenvalue weighted by atomic mass is 79.9. The predicted octanol–water partition coefficient (Wildman–Crippen LogP) is 3.67. The van der Waals surface area contributed by atoms with E-state index in [4.69, 9.17) is 0 Å². The highest BCUT2D eigenvalue weighted by Gasteiger charge is 2.04. The number of nitrogens with one attached hydrogen (secondary N) is 1. The minimum Gasteiger partial charge on any atom is -0.361 e. The molecule has 0 saturated heterocycles. The summed E-state index contributed by atoms with van der Waals surface area (Å²) in [5.41, 5.74) is 2.61. The molecule has 0 radical (unpaired) electrons. The van der Waals surface area contributed by atoms with Crippen molar-refractivity contribution in [1.29, 1.82) is 0 Å². The van der Waals surface area contributed by atoms with Gasteiger partial charge in [0.05, 0.1) is 0 Å². The zero-order valence-electron chi connectivity index (χ0n) is 7.55. The van der Waals surface area contributed by atoms with Crippen molar-refractivity contribution < 1.29 is 0 Å². The summed E-state index contributed by atoms with van der Waals surface area (Å²) in [4.78, 5) is 3.22. The van der Waals surface area contributed by atoms with Gasteiger partial charge in [0.15, 0.2) is 0 Å². The second-order valence-electron chi connectivity index (χ2n) is 3.38. The van der Waals surface area contributed by atoms with Crippen molar-refractivity contribution in [3.63, 3.8) is 0 Å². The summed E-state index contributed by atoms with van der Waals surface area (Å²) in [5.74, 6) is 0.577. The number of halogens is 1. The Kier molecular flexibility index (Phi) is 2.40. The van der Waals surface area contributed by atoms with Gasteiger partial charge in [0.1, 0.15) is 0 Å². The monoisotopic (exact) mass is 237 g/mol. The number of benzene rings is 1. The van der Waals surface area contributed by atoms with Gasteiger partial charge in [-0.15, -0.1) is 0 Å². The van der Waals surface area contributed by atoms with Crippen LogP contribution in [-0.2, 0) is 0 Å². The van der Waals surface area contributed by atoms with Crippen LogP contribution in [0.2, 0.25) is 0 Å². The van der Waals surface area contributed by atoms with Crippen LogP contribution in [0.5, 0.6) is 0 Å². The molecule has 0 aliphatic rings. The van der Waals surface area contributed by atoms with E-state index in [1.807, 2.05) is 6.20 Å². The molecule has 2 rings (SSSR count). The zero-order chi connectivity index (χ0) is 9.26. The van der Waals surface area contributed by atoms with Crippen molar-refractivity contribution in [3.05, 3.63) is 36.0 Å². The van der Waals surface area contributed by atoms with Gasteiger partial charge in [0.25, 0.3) is 0 Å². The molecule has 68 valence electrons. The molecule has 1 unspecified atom stereocenters. The van der Waals surface area contributed by atoms with Gasteiger partial charge in [-0.25, -0.2) is 0 Å². The van der Waals surface area contributed by atoms with Crippen molar-refractivity contribution in [2.24, 2.45) is 0 Å². The van der Waals surface area contributed by atoms with Crippen molar-refractivity contribution in [3.8, 4) is 0 Å². The Morgan fingerprint density at radius 1 is 1.38 bits per heavy atom.